The Bertz CT molecular complexity index is 587. The minimum Gasteiger partial charge on any atom is -0.493 e. The van der Waals surface area contributed by atoms with Crippen LogP contribution in [-0.2, 0) is 6.54 Å². The van der Waals surface area contributed by atoms with Crippen molar-refractivity contribution >= 4 is 15.9 Å². The van der Waals surface area contributed by atoms with Gasteiger partial charge in [0.1, 0.15) is 6.10 Å². The van der Waals surface area contributed by atoms with Crippen LogP contribution in [0.1, 0.15) is 24.2 Å². The van der Waals surface area contributed by atoms with Gasteiger partial charge in [-0.05, 0) is 53.2 Å². The Morgan fingerprint density at radius 1 is 1.19 bits per heavy atom. The van der Waals surface area contributed by atoms with Crippen LogP contribution in [0.4, 0.5) is 0 Å². The van der Waals surface area contributed by atoms with Crippen LogP contribution >= 0.6 is 15.9 Å². The van der Waals surface area contributed by atoms with Gasteiger partial charge < -0.3 is 14.8 Å². The first-order valence-electron chi connectivity index (χ1n) is 6.88. The van der Waals surface area contributed by atoms with Crippen molar-refractivity contribution in [2.24, 2.45) is 0 Å². The molecule has 0 aromatic heterocycles. The molecule has 0 saturated carbocycles. The number of ether oxygens (including phenoxy) is 2. The molecule has 0 aliphatic heterocycles. The molecule has 0 radical (unpaired) electrons. The van der Waals surface area contributed by atoms with Crippen LogP contribution in [-0.4, -0.2) is 14.2 Å². The molecule has 0 aliphatic rings. The van der Waals surface area contributed by atoms with Gasteiger partial charge in [-0.2, -0.15) is 0 Å². The number of hydrogen-bond donors (Lipinski definition) is 1. The zero-order chi connectivity index (χ0) is 15.2. The molecule has 1 N–H and O–H groups in total. The fourth-order valence-corrected chi connectivity index (χ4v) is 2.75. The monoisotopic (exact) mass is 349 g/mol. The third-order valence-corrected chi connectivity index (χ3v) is 3.82. The van der Waals surface area contributed by atoms with Crippen LogP contribution in [0.2, 0.25) is 0 Å². The third-order valence-electron chi connectivity index (χ3n) is 3.23. The van der Waals surface area contributed by atoms with Gasteiger partial charge in [-0.25, -0.2) is 0 Å². The van der Waals surface area contributed by atoms with Crippen molar-refractivity contribution in [2.75, 3.05) is 14.2 Å². The Balaban J connectivity index is 2.27. The number of benzene rings is 2. The lowest BCUT2D eigenvalue weighted by Gasteiger charge is -2.19. The average molecular weight is 350 g/mol. The Morgan fingerprint density at radius 2 is 1.90 bits per heavy atom. The van der Waals surface area contributed by atoms with Gasteiger partial charge in [0.25, 0.3) is 0 Å². The maximum atomic E-state index is 6.09. The van der Waals surface area contributed by atoms with Crippen LogP contribution in [0.15, 0.2) is 46.9 Å². The molecule has 1 unspecified atom stereocenters. The van der Waals surface area contributed by atoms with E-state index in [1.165, 1.54) is 0 Å². The van der Waals surface area contributed by atoms with E-state index in [1.54, 1.807) is 7.11 Å². The molecule has 112 valence electrons. The number of methoxy groups -OCH3 is 1. The minimum absolute atomic E-state index is 0.0495. The Kier molecular flexibility index (Phi) is 5.65. The van der Waals surface area contributed by atoms with E-state index in [2.05, 4.69) is 33.4 Å². The zero-order valence-corrected chi connectivity index (χ0v) is 14.1. The number of hydrogen-bond acceptors (Lipinski definition) is 3. The summed E-state index contributed by atoms with van der Waals surface area (Å²) in [5, 5.41) is 3.13. The molecule has 0 fully saturated rings. The molecule has 21 heavy (non-hydrogen) atoms. The first kappa shape index (κ1) is 15.9. The molecule has 0 spiro atoms. The summed E-state index contributed by atoms with van der Waals surface area (Å²) in [6, 6.07) is 14.2. The number of halogens is 1. The van der Waals surface area contributed by atoms with E-state index in [1.807, 2.05) is 44.3 Å². The van der Waals surface area contributed by atoms with E-state index in [9.17, 15) is 0 Å². The molecule has 0 saturated heterocycles. The molecule has 2 aromatic rings. The standard InChI is InChI=1S/C17H20BrNO2/c1-12(14-7-5-4-6-8-14)21-17-15(18)9-13(11-19-2)10-16(17)20-3/h4-10,12,19H,11H2,1-3H3. The smallest absolute Gasteiger partial charge is 0.176 e. The summed E-state index contributed by atoms with van der Waals surface area (Å²) in [4.78, 5) is 0. The predicted molar refractivity (Wildman–Crippen MR) is 88.9 cm³/mol. The van der Waals surface area contributed by atoms with Gasteiger partial charge in [0, 0.05) is 6.54 Å². The van der Waals surface area contributed by atoms with Gasteiger partial charge in [0.15, 0.2) is 11.5 Å². The summed E-state index contributed by atoms with van der Waals surface area (Å²) >= 11 is 3.58. The molecule has 3 nitrogen and oxygen atoms in total. The van der Waals surface area contributed by atoms with Crippen LogP contribution in [0.25, 0.3) is 0 Å². The van der Waals surface area contributed by atoms with E-state index in [-0.39, 0.29) is 6.10 Å². The summed E-state index contributed by atoms with van der Waals surface area (Å²) in [6.45, 7) is 2.81. The van der Waals surface area contributed by atoms with Gasteiger partial charge in [-0.1, -0.05) is 30.3 Å². The van der Waals surface area contributed by atoms with Crippen molar-refractivity contribution in [3.8, 4) is 11.5 Å². The highest BCUT2D eigenvalue weighted by atomic mass is 79.9. The van der Waals surface area contributed by atoms with Crippen molar-refractivity contribution in [1.29, 1.82) is 0 Å². The van der Waals surface area contributed by atoms with Crippen LogP contribution in [0.3, 0.4) is 0 Å². The van der Waals surface area contributed by atoms with Crippen LogP contribution < -0.4 is 14.8 Å². The van der Waals surface area contributed by atoms with Crippen molar-refractivity contribution < 1.29 is 9.47 Å². The molecule has 2 aromatic carbocycles. The molecule has 0 amide bonds. The Hall–Kier alpha value is -1.52. The molecule has 0 bridgehead atoms. The predicted octanol–water partition coefficient (Wildman–Crippen LogP) is 4.32. The second kappa shape index (κ2) is 7.48. The SMILES string of the molecule is CNCc1cc(Br)c(OC(C)c2ccccc2)c(OC)c1. The molecular formula is C17H20BrNO2. The molecule has 1 atom stereocenters. The van der Waals surface area contributed by atoms with E-state index < -0.39 is 0 Å². The van der Waals surface area contributed by atoms with Crippen molar-refractivity contribution in [1.82, 2.24) is 5.32 Å². The van der Waals surface area contributed by atoms with E-state index in [4.69, 9.17) is 9.47 Å². The first-order chi connectivity index (χ1) is 10.2. The number of nitrogens with one attached hydrogen (secondary N) is 1. The summed E-state index contributed by atoms with van der Waals surface area (Å²) in [5.41, 5.74) is 2.27. The summed E-state index contributed by atoms with van der Waals surface area (Å²) in [5.74, 6) is 1.46. The summed E-state index contributed by atoms with van der Waals surface area (Å²) < 4.78 is 12.5. The maximum Gasteiger partial charge on any atom is 0.176 e. The van der Waals surface area contributed by atoms with Crippen molar-refractivity contribution in [3.63, 3.8) is 0 Å². The topological polar surface area (TPSA) is 30.5 Å². The van der Waals surface area contributed by atoms with E-state index >= 15 is 0 Å². The zero-order valence-electron chi connectivity index (χ0n) is 12.5. The van der Waals surface area contributed by atoms with Gasteiger partial charge >= 0.3 is 0 Å². The van der Waals surface area contributed by atoms with Gasteiger partial charge in [-0.3, -0.25) is 0 Å². The van der Waals surface area contributed by atoms with Crippen molar-refractivity contribution in [3.05, 3.63) is 58.1 Å². The highest BCUT2D eigenvalue weighted by Crippen LogP contribution is 2.39. The largest absolute Gasteiger partial charge is 0.493 e. The first-order valence-corrected chi connectivity index (χ1v) is 7.67. The van der Waals surface area contributed by atoms with E-state index in [0.717, 1.165) is 33.6 Å². The highest BCUT2D eigenvalue weighted by Gasteiger charge is 2.15. The molecule has 4 heteroatoms. The lowest BCUT2D eigenvalue weighted by Crippen LogP contribution is -2.07. The second-order valence-electron chi connectivity index (χ2n) is 4.81. The Morgan fingerprint density at radius 3 is 2.52 bits per heavy atom. The van der Waals surface area contributed by atoms with E-state index in [0.29, 0.717) is 0 Å². The third kappa shape index (κ3) is 3.99. The molecular weight excluding hydrogens is 330 g/mol. The normalized spacial score (nSPS) is 12.0. The molecule has 0 aliphatic carbocycles. The number of rotatable bonds is 6. The van der Waals surface area contributed by atoms with Crippen molar-refractivity contribution in [2.45, 2.75) is 19.6 Å². The van der Waals surface area contributed by atoms with Gasteiger partial charge in [0.2, 0.25) is 0 Å². The average Bonchev–Trinajstić information content (AvgIpc) is 2.50. The molecule has 2 rings (SSSR count). The fraction of sp³-hybridized carbons (Fsp3) is 0.294. The molecule has 0 heterocycles. The van der Waals surface area contributed by atoms with Crippen LogP contribution in [0.5, 0.6) is 11.5 Å². The quantitative estimate of drug-likeness (QED) is 0.842. The lowest BCUT2D eigenvalue weighted by atomic mass is 10.1. The lowest BCUT2D eigenvalue weighted by molar-refractivity contribution is 0.214. The second-order valence-corrected chi connectivity index (χ2v) is 5.66. The summed E-state index contributed by atoms with van der Waals surface area (Å²) in [6.07, 6.45) is -0.0495. The minimum atomic E-state index is -0.0495. The van der Waals surface area contributed by atoms with Crippen LogP contribution in [0, 0.1) is 0 Å². The fourth-order valence-electron chi connectivity index (χ4n) is 2.16. The summed E-state index contributed by atoms with van der Waals surface area (Å²) in [7, 11) is 3.58. The van der Waals surface area contributed by atoms with Gasteiger partial charge in [-0.15, -0.1) is 0 Å². The maximum absolute atomic E-state index is 6.09. The van der Waals surface area contributed by atoms with Gasteiger partial charge in [0.05, 0.1) is 11.6 Å². The Labute approximate surface area is 134 Å². The highest BCUT2D eigenvalue weighted by molar-refractivity contribution is 9.10.